The van der Waals surface area contributed by atoms with Crippen LogP contribution in [0.2, 0.25) is 0 Å². The molecule has 0 radical (unpaired) electrons. The fraction of sp³-hybridized carbons (Fsp3) is 0.280. The minimum absolute atomic E-state index is 0.0277. The number of carbonyl (C=O) groups is 1. The number of hydrogen-bond donors (Lipinski definition) is 1. The van der Waals surface area contributed by atoms with E-state index in [1.165, 1.54) is 5.56 Å². The van der Waals surface area contributed by atoms with Gasteiger partial charge in [-0.3, -0.25) is 14.7 Å². The van der Waals surface area contributed by atoms with Crippen LogP contribution in [0.3, 0.4) is 0 Å². The van der Waals surface area contributed by atoms with Crippen LogP contribution in [-0.2, 0) is 30.8 Å². The maximum absolute atomic E-state index is 12.2. The summed E-state index contributed by atoms with van der Waals surface area (Å²) >= 11 is 0. The molecule has 0 aliphatic carbocycles. The summed E-state index contributed by atoms with van der Waals surface area (Å²) < 4.78 is 7.63. The smallest absolute Gasteiger partial charge is 0.258 e. The predicted octanol–water partition coefficient (Wildman–Crippen LogP) is 2.58. The number of amides is 1. The first-order valence-corrected chi connectivity index (χ1v) is 11.2. The third kappa shape index (κ3) is 5.18. The van der Waals surface area contributed by atoms with E-state index in [4.69, 9.17) is 4.74 Å². The minimum Gasteiger partial charge on any atom is -0.484 e. The number of pyridine rings is 1. The first-order chi connectivity index (χ1) is 16.2. The summed E-state index contributed by atoms with van der Waals surface area (Å²) in [6.45, 7) is 3.80. The fourth-order valence-corrected chi connectivity index (χ4v) is 4.09. The number of benzene rings is 2. The molecule has 168 valence electrons. The lowest BCUT2D eigenvalue weighted by atomic mass is 10.1. The molecule has 3 heterocycles. The number of nitrogens with zero attached hydrogens (tertiary/aromatic N) is 5. The molecule has 5 rings (SSSR count). The summed E-state index contributed by atoms with van der Waals surface area (Å²) in [5, 5.41) is 12.7. The Morgan fingerprint density at radius 3 is 2.82 bits per heavy atom. The molecule has 4 aromatic rings. The Bertz CT molecular complexity index is 1240. The molecule has 1 aliphatic heterocycles. The molecule has 1 N–H and O–H groups in total. The Balaban J connectivity index is 1.15. The molecule has 8 heteroatoms. The number of rotatable bonds is 7. The second-order valence-electron chi connectivity index (χ2n) is 8.12. The lowest BCUT2D eigenvalue weighted by molar-refractivity contribution is -0.123. The van der Waals surface area contributed by atoms with E-state index < -0.39 is 0 Å². The average Bonchev–Trinajstić information content (AvgIpc) is 3.14. The fourth-order valence-electron chi connectivity index (χ4n) is 4.09. The Morgan fingerprint density at radius 2 is 1.91 bits per heavy atom. The molecule has 0 unspecified atom stereocenters. The third-order valence-corrected chi connectivity index (χ3v) is 5.83. The van der Waals surface area contributed by atoms with E-state index in [1.807, 2.05) is 42.6 Å². The van der Waals surface area contributed by atoms with Gasteiger partial charge in [0.25, 0.3) is 5.91 Å². The van der Waals surface area contributed by atoms with Crippen molar-refractivity contribution in [2.45, 2.75) is 26.1 Å². The highest BCUT2D eigenvalue weighted by molar-refractivity contribution is 5.79. The lowest BCUT2D eigenvalue weighted by Crippen LogP contribution is -2.30. The van der Waals surface area contributed by atoms with E-state index in [2.05, 4.69) is 54.2 Å². The van der Waals surface area contributed by atoms with Crippen LogP contribution in [0.25, 0.3) is 10.9 Å². The van der Waals surface area contributed by atoms with Crippen LogP contribution in [-0.4, -0.2) is 50.3 Å². The molecule has 0 fully saturated rings. The quantitative estimate of drug-likeness (QED) is 0.474. The van der Waals surface area contributed by atoms with Crippen molar-refractivity contribution in [2.75, 3.05) is 19.7 Å². The van der Waals surface area contributed by atoms with E-state index in [-0.39, 0.29) is 12.5 Å². The van der Waals surface area contributed by atoms with Gasteiger partial charge in [-0.05, 0) is 35.9 Å². The van der Waals surface area contributed by atoms with Gasteiger partial charge in [0.05, 0.1) is 12.1 Å². The molecule has 8 nitrogen and oxygen atoms in total. The Kier molecular flexibility index (Phi) is 6.25. The topological polar surface area (TPSA) is 85.2 Å². The van der Waals surface area contributed by atoms with Crippen molar-refractivity contribution in [2.24, 2.45) is 0 Å². The monoisotopic (exact) mass is 442 g/mol. The van der Waals surface area contributed by atoms with Gasteiger partial charge in [0, 0.05) is 44.2 Å². The molecule has 0 bridgehead atoms. The van der Waals surface area contributed by atoms with Crippen molar-refractivity contribution in [1.29, 1.82) is 0 Å². The van der Waals surface area contributed by atoms with Gasteiger partial charge in [0.1, 0.15) is 11.6 Å². The number of aromatic nitrogens is 4. The maximum Gasteiger partial charge on any atom is 0.258 e. The zero-order valence-electron chi connectivity index (χ0n) is 18.4. The normalized spacial score (nSPS) is 13.9. The SMILES string of the molecule is O=C(COc1ccccc1)NCc1nnc2n1CCN(Cc1ccc3ncccc3c1)CC2. The number of ether oxygens (including phenoxy) is 1. The second-order valence-corrected chi connectivity index (χ2v) is 8.12. The van der Waals surface area contributed by atoms with Crippen LogP contribution in [0.1, 0.15) is 17.2 Å². The van der Waals surface area contributed by atoms with Crippen molar-refractivity contribution in [3.63, 3.8) is 0 Å². The molecule has 0 spiro atoms. The summed E-state index contributed by atoms with van der Waals surface area (Å²) in [5.41, 5.74) is 2.29. The van der Waals surface area contributed by atoms with E-state index in [1.54, 1.807) is 0 Å². The van der Waals surface area contributed by atoms with Crippen LogP contribution in [0.15, 0.2) is 66.9 Å². The molecule has 0 atom stereocenters. The average molecular weight is 443 g/mol. The van der Waals surface area contributed by atoms with Crippen LogP contribution in [0.5, 0.6) is 5.75 Å². The van der Waals surface area contributed by atoms with Gasteiger partial charge in [0.15, 0.2) is 12.4 Å². The number of carbonyl (C=O) groups excluding carboxylic acids is 1. The van der Waals surface area contributed by atoms with Gasteiger partial charge in [-0.25, -0.2) is 0 Å². The Morgan fingerprint density at radius 1 is 1.00 bits per heavy atom. The highest BCUT2D eigenvalue weighted by Crippen LogP contribution is 2.17. The highest BCUT2D eigenvalue weighted by Gasteiger charge is 2.19. The van der Waals surface area contributed by atoms with E-state index in [0.717, 1.165) is 55.2 Å². The molecule has 0 saturated heterocycles. The summed E-state index contributed by atoms with van der Waals surface area (Å²) in [4.78, 5) is 19.0. The van der Waals surface area contributed by atoms with E-state index >= 15 is 0 Å². The van der Waals surface area contributed by atoms with Gasteiger partial charge < -0.3 is 14.6 Å². The first-order valence-electron chi connectivity index (χ1n) is 11.2. The summed E-state index contributed by atoms with van der Waals surface area (Å²) in [7, 11) is 0. The standard InChI is InChI=1S/C25H26N6O2/c32-25(18-33-21-6-2-1-3-7-21)27-16-24-29-28-23-10-12-30(13-14-31(23)24)17-19-8-9-22-20(15-19)5-4-11-26-22/h1-9,11,15H,10,12-14,16-18H2,(H,27,32). The molecule has 2 aromatic heterocycles. The van der Waals surface area contributed by atoms with Gasteiger partial charge >= 0.3 is 0 Å². The minimum atomic E-state index is -0.183. The van der Waals surface area contributed by atoms with Crippen LogP contribution < -0.4 is 10.1 Å². The molecule has 0 saturated carbocycles. The van der Waals surface area contributed by atoms with Gasteiger partial charge in [0.2, 0.25) is 0 Å². The Labute approximate surface area is 192 Å². The Hall–Kier alpha value is -3.78. The van der Waals surface area contributed by atoms with Gasteiger partial charge in [-0.1, -0.05) is 30.3 Å². The molecular formula is C25H26N6O2. The highest BCUT2D eigenvalue weighted by atomic mass is 16.5. The zero-order chi connectivity index (χ0) is 22.5. The molecular weight excluding hydrogens is 416 g/mol. The lowest BCUT2D eigenvalue weighted by Gasteiger charge is -2.20. The van der Waals surface area contributed by atoms with Crippen molar-refractivity contribution in [3.8, 4) is 5.75 Å². The molecule has 2 aromatic carbocycles. The predicted molar refractivity (Wildman–Crippen MR) is 125 cm³/mol. The first kappa shape index (κ1) is 21.1. The van der Waals surface area contributed by atoms with Crippen LogP contribution >= 0.6 is 0 Å². The van der Waals surface area contributed by atoms with Crippen molar-refractivity contribution in [3.05, 3.63) is 84.1 Å². The largest absolute Gasteiger partial charge is 0.484 e. The zero-order valence-corrected chi connectivity index (χ0v) is 18.4. The van der Waals surface area contributed by atoms with Crippen LogP contribution in [0, 0.1) is 0 Å². The number of nitrogens with one attached hydrogen (secondary N) is 1. The summed E-state index contributed by atoms with van der Waals surface area (Å²) in [5.74, 6) is 2.23. The van der Waals surface area contributed by atoms with E-state index in [0.29, 0.717) is 12.3 Å². The van der Waals surface area contributed by atoms with Crippen molar-refractivity contribution >= 4 is 16.8 Å². The summed E-state index contributed by atoms with van der Waals surface area (Å²) in [6.07, 6.45) is 2.65. The summed E-state index contributed by atoms with van der Waals surface area (Å²) in [6, 6.07) is 19.8. The van der Waals surface area contributed by atoms with Crippen molar-refractivity contribution in [1.82, 2.24) is 30.0 Å². The van der Waals surface area contributed by atoms with Gasteiger partial charge in [-0.2, -0.15) is 0 Å². The van der Waals surface area contributed by atoms with Gasteiger partial charge in [-0.15, -0.1) is 10.2 Å². The molecule has 33 heavy (non-hydrogen) atoms. The van der Waals surface area contributed by atoms with Crippen molar-refractivity contribution < 1.29 is 9.53 Å². The number of fused-ring (bicyclic) bond motifs is 2. The number of para-hydroxylation sites is 1. The molecule has 1 aliphatic rings. The van der Waals surface area contributed by atoms with Crippen LogP contribution in [0.4, 0.5) is 0 Å². The third-order valence-electron chi connectivity index (χ3n) is 5.83. The maximum atomic E-state index is 12.2. The number of hydrogen-bond acceptors (Lipinski definition) is 6. The molecule has 1 amide bonds. The van der Waals surface area contributed by atoms with E-state index in [9.17, 15) is 4.79 Å². The second kappa shape index (κ2) is 9.79.